The lowest BCUT2D eigenvalue weighted by molar-refractivity contribution is -0.167. The zero-order valence-electron chi connectivity index (χ0n) is 11.2. The second-order valence-electron chi connectivity index (χ2n) is 4.09. The van der Waals surface area contributed by atoms with Gasteiger partial charge in [-0.25, -0.2) is 0 Å². The summed E-state index contributed by atoms with van der Waals surface area (Å²) in [5, 5.41) is 0. The highest BCUT2D eigenvalue weighted by Crippen LogP contribution is 2.30. The Morgan fingerprint density at radius 3 is 2.16 bits per heavy atom. The lowest BCUT2D eigenvalue weighted by Crippen LogP contribution is -2.43. The molecule has 0 fully saturated rings. The van der Waals surface area contributed by atoms with Gasteiger partial charge in [0.2, 0.25) is 0 Å². The summed E-state index contributed by atoms with van der Waals surface area (Å²) in [5.41, 5.74) is 3.90. The number of hydrogen-bond donors (Lipinski definition) is 1. The van der Waals surface area contributed by atoms with Crippen molar-refractivity contribution in [1.82, 2.24) is 0 Å². The summed E-state index contributed by atoms with van der Waals surface area (Å²) in [5.74, 6) is -0.845. The molecule has 0 spiro atoms. The van der Waals surface area contributed by atoms with Gasteiger partial charge in [0.15, 0.2) is 5.41 Å². The average molecular weight is 265 g/mol. The molecule has 0 saturated heterocycles. The zero-order chi connectivity index (χ0) is 14.3. The molecule has 2 N–H and O–H groups in total. The van der Waals surface area contributed by atoms with E-state index in [9.17, 15) is 9.59 Å². The second-order valence-corrected chi connectivity index (χ2v) is 4.09. The van der Waals surface area contributed by atoms with E-state index in [2.05, 4.69) is 0 Å². The van der Waals surface area contributed by atoms with Crippen LogP contribution in [0.2, 0.25) is 0 Å². The highest BCUT2D eigenvalue weighted by molar-refractivity contribution is 6.00. The van der Waals surface area contributed by atoms with E-state index in [0.29, 0.717) is 18.6 Å². The maximum absolute atomic E-state index is 12.2. The van der Waals surface area contributed by atoms with Gasteiger partial charge in [-0.3, -0.25) is 15.3 Å². The fourth-order valence-electron chi connectivity index (χ4n) is 1.82. The van der Waals surface area contributed by atoms with E-state index in [1.807, 2.05) is 6.07 Å². The van der Waals surface area contributed by atoms with Crippen LogP contribution in [0.4, 0.5) is 0 Å². The Morgan fingerprint density at radius 2 is 1.68 bits per heavy atom. The van der Waals surface area contributed by atoms with Crippen LogP contribution in [-0.4, -0.2) is 18.7 Å². The molecule has 0 aliphatic carbocycles. The Balaban J connectivity index is 2.92. The first-order chi connectivity index (χ1) is 9.10. The molecule has 0 bridgehead atoms. The Bertz CT molecular complexity index is 426. The number of ether oxygens (including phenoxy) is 2. The molecule has 0 unspecified atom stereocenters. The van der Waals surface area contributed by atoms with E-state index in [-0.39, 0.29) is 6.73 Å². The Hall–Kier alpha value is -1.88. The molecule has 19 heavy (non-hydrogen) atoms. The van der Waals surface area contributed by atoms with E-state index in [1.165, 1.54) is 0 Å². The molecule has 1 aromatic carbocycles. The van der Waals surface area contributed by atoms with E-state index < -0.39 is 17.4 Å². The second kappa shape index (κ2) is 6.89. The van der Waals surface area contributed by atoms with Gasteiger partial charge in [-0.05, 0) is 25.0 Å². The van der Waals surface area contributed by atoms with Crippen molar-refractivity contribution in [1.29, 1.82) is 0 Å². The first-order valence-electron chi connectivity index (χ1n) is 6.25. The molecule has 0 aromatic heterocycles. The van der Waals surface area contributed by atoms with Crippen molar-refractivity contribution in [2.75, 3.05) is 6.73 Å². The minimum Gasteiger partial charge on any atom is -0.449 e. The van der Waals surface area contributed by atoms with E-state index in [4.69, 9.17) is 15.2 Å². The fourth-order valence-corrected chi connectivity index (χ4v) is 1.82. The standard InChI is InChI=1S/C14H19NO4/c1-3-14(4-2,12(16)18-10-15)13(17)19-11-8-6-5-7-9-11/h5-9H,3-4,10,15H2,1-2H3. The van der Waals surface area contributed by atoms with Crippen LogP contribution in [0.1, 0.15) is 26.7 Å². The van der Waals surface area contributed by atoms with Gasteiger partial charge < -0.3 is 9.47 Å². The third kappa shape index (κ3) is 3.32. The monoisotopic (exact) mass is 265 g/mol. The quantitative estimate of drug-likeness (QED) is 0.367. The van der Waals surface area contributed by atoms with Crippen LogP contribution in [0.3, 0.4) is 0 Å². The maximum Gasteiger partial charge on any atom is 0.328 e. The van der Waals surface area contributed by atoms with Crippen LogP contribution in [0.25, 0.3) is 0 Å². The molecule has 0 amide bonds. The summed E-state index contributed by atoms with van der Waals surface area (Å²) in [6.07, 6.45) is 0.599. The summed E-state index contributed by atoms with van der Waals surface area (Å²) in [6, 6.07) is 8.62. The lowest BCUT2D eigenvalue weighted by atomic mass is 9.82. The van der Waals surface area contributed by atoms with Crippen LogP contribution in [-0.2, 0) is 14.3 Å². The number of benzene rings is 1. The van der Waals surface area contributed by atoms with Gasteiger partial charge in [-0.15, -0.1) is 0 Å². The highest BCUT2D eigenvalue weighted by Gasteiger charge is 2.46. The number of carbonyl (C=O) groups is 2. The largest absolute Gasteiger partial charge is 0.449 e. The van der Waals surface area contributed by atoms with Gasteiger partial charge in [0, 0.05) is 0 Å². The van der Waals surface area contributed by atoms with Crippen molar-refractivity contribution < 1.29 is 19.1 Å². The Morgan fingerprint density at radius 1 is 1.11 bits per heavy atom. The number of carbonyl (C=O) groups excluding carboxylic acids is 2. The van der Waals surface area contributed by atoms with E-state index >= 15 is 0 Å². The van der Waals surface area contributed by atoms with Crippen molar-refractivity contribution in [3.63, 3.8) is 0 Å². The number of nitrogens with two attached hydrogens (primary N) is 1. The molecular formula is C14H19NO4. The Labute approximate surface area is 112 Å². The molecular weight excluding hydrogens is 246 g/mol. The first kappa shape index (κ1) is 15.2. The van der Waals surface area contributed by atoms with E-state index in [1.54, 1.807) is 38.1 Å². The maximum atomic E-state index is 12.2. The van der Waals surface area contributed by atoms with Crippen molar-refractivity contribution in [3.05, 3.63) is 30.3 Å². The van der Waals surface area contributed by atoms with Gasteiger partial charge in [0.05, 0.1) is 0 Å². The lowest BCUT2D eigenvalue weighted by Gasteiger charge is -2.26. The van der Waals surface area contributed by atoms with Gasteiger partial charge in [0.25, 0.3) is 0 Å². The number of hydrogen-bond acceptors (Lipinski definition) is 5. The van der Waals surface area contributed by atoms with Crippen molar-refractivity contribution >= 4 is 11.9 Å². The zero-order valence-corrected chi connectivity index (χ0v) is 11.2. The van der Waals surface area contributed by atoms with Gasteiger partial charge >= 0.3 is 11.9 Å². The molecule has 0 aliphatic heterocycles. The van der Waals surface area contributed by atoms with Crippen molar-refractivity contribution in [2.45, 2.75) is 26.7 Å². The van der Waals surface area contributed by atoms with Crippen LogP contribution < -0.4 is 10.5 Å². The minimum absolute atomic E-state index is 0.251. The number of rotatable bonds is 6. The molecule has 1 aromatic rings. The minimum atomic E-state index is -1.30. The Kier molecular flexibility index (Phi) is 5.51. The first-order valence-corrected chi connectivity index (χ1v) is 6.25. The molecule has 0 aliphatic rings. The molecule has 104 valence electrons. The molecule has 0 saturated carbocycles. The molecule has 0 heterocycles. The number of para-hydroxylation sites is 1. The average Bonchev–Trinajstić information content (AvgIpc) is 2.42. The SMILES string of the molecule is CCC(CC)(C(=O)OCN)C(=O)Oc1ccccc1. The van der Waals surface area contributed by atoms with Crippen molar-refractivity contribution in [2.24, 2.45) is 11.1 Å². The normalized spacial score (nSPS) is 10.9. The molecule has 0 radical (unpaired) electrons. The number of esters is 2. The third-order valence-electron chi connectivity index (χ3n) is 3.16. The van der Waals surface area contributed by atoms with Crippen LogP contribution in [0, 0.1) is 5.41 Å². The van der Waals surface area contributed by atoms with Crippen LogP contribution >= 0.6 is 0 Å². The molecule has 5 heteroatoms. The smallest absolute Gasteiger partial charge is 0.328 e. The van der Waals surface area contributed by atoms with Crippen LogP contribution in [0.15, 0.2) is 30.3 Å². The molecule has 0 atom stereocenters. The predicted molar refractivity (Wildman–Crippen MR) is 70.2 cm³/mol. The third-order valence-corrected chi connectivity index (χ3v) is 3.16. The topological polar surface area (TPSA) is 78.6 Å². The summed E-state index contributed by atoms with van der Waals surface area (Å²) < 4.78 is 10.0. The summed E-state index contributed by atoms with van der Waals surface area (Å²) in [7, 11) is 0. The van der Waals surface area contributed by atoms with E-state index in [0.717, 1.165) is 0 Å². The predicted octanol–water partition coefficient (Wildman–Crippen LogP) is 1.86. The summed E-state index contributed by atoms with van der Waals surface area (Å²) >= 11 is 0. The van der Waals surface area contributed by atoms with Crippen molar-refractivity contribution in [3.8, 4) is 5.75 Å². The van der Waals surface area contributed by atoms with Crippen LogP contribution in [0.5, 0.6) is 5.75 Å². The van der Waals surface area contributed by atoms with Gasteiger partial charge in [-0.2, -0.15) is 0 Å². The van der Waals surface area contributed by atoms with Gasteiger partial charge in [-0.1, -0.05) is 32.0 Å². The molecule has 5 nitrogen and oxygen atoms in total. The fraction of sp³-hybridized carbons (Fsp3) is 0.429. The molecule has 1 rings (SSSR count). The van der Waals surface area contributed by atoms with Gasteiger partial charge in [0.1, 0.15) is 12.5 Å². The summed E-state index contributed by atoms with van der Waals surface area (Å²) in [6.45, 7) is 3.24. The summed E-state index contributed by atoms with van der Waals surface area (Å²) in [4.78, 5) is 24.2. The highest BCUT2D eigenvalue weighted by atomic mass is 16.6.